The van der Waals surface area contributed by atoms with Crippen molar-refractivity contribution in [2.75, 3.05) is 13.2 Å². The first-order chi connectivity index (χ1) is 11.7. The van der Waals surface area contributed by atoms with Crippen molar-refractivity contribution >= 4 is 5.91 Å². The Morgan fingerprint density at radius 1 is 1.29 bits per heavy atom. The lowest BCUT2D eigenvalue weighted by Gasteiger charge is -2.24. The topological polar surface area (TPSA) is 65.4 Å². The van der Waals surface area contributed by atoms with Crippen LogP contribution in [0.15, 0.2) is 36.7 Å². The SMILES string of the molecule is C[C@H](C(=O)N[C@H](c1ccc2c(c1)OCCO2)C1CC1)n1cccn1. The van der Waals surface area contributed by atoms with Gasteiger partial charge in [-0.15, -0.1) is 0 Å². The summed E-state index contributed by atoms with van der Waals surface area (Å²) in [6, 6.07) is 7.45. The molecule has 1 aromatic heterocycles. The molecule has 1 amide bonds. The van der Waals surface area contributed by atoms with Gasteiger partial charge in [0.2, 0.25) is 5.91 Å². The average Bonchev–Trinajstić information content (AvgIpc) is 3.31. The molecular formula is C18H21N3O3. The molecule has 2 heterocycles. The van der Waals surface area contributed by atoms with Gasteiger partial charge in [0.25, 0.3) is 0 Å². The summed E-state index contributed by atoms with van der Waals surface area (Å²) in [4.78, 5) is 12.6. The summed E-state index contributed by atoms with van der Waals surface area (Å²) in [5, 5.41) is 7.35. The lowest BCUT2D eigenvalue weighted by atomic mass is 10.0. The molecule has 1 aliphatic carbocycles. The van der Waals surface area contributed by atoms with E-state index in [4.69, 9.17) is 9.47 Å². The second kappa shape index (κ2) is 6.19. The Kier molecular flexibility index (Phi) is 3.88. The summed E-state index contributed by atoms with van der Waals surface area (Å²) < 4.78 is 12.9. The zero-order valence-corrected chi connectivity index (χ0v) is 13.6. The van der Waals surface area contributed by atoms with Crippen LogP contribution in [0.1, 0.15) is 37.4 Å². The molecule has 0 saturated heterocycles. The maximum Gasteiger partial charge on any atom is 0.245 e. The van der Waals surface area contributed by atoms with E-state index in [0.29, 0.717) is 19.1 Å². The van der Waals surface area contributed by atoms with Gasteiger partial charge in [0, 0.05) is 12.4 Å². The normalized spacial score (nSPS) is 18.7. The van der Waals surface area contributed by atoms with Gasteiger partial charge in [-0.2, -0.15) is 5.10 Å². The quantitative estimate of drug-likeness (QED) is 0.916. The molecule has 0 spiro atoms. The van der Waals surface area contributed by atoms with Crippen LogP contribution in [0.3, 0.4) is 0 Å². The van der Waals surface area contributed by atoms with E-state index in [1.165, 1.54) is 0 Å². The molecule has 2 aliphatic rings. The summed E-state index contributed by atoms with van der Waals surface area (Å²) in [7, 11) is 0. The molecule has 1 fully saturated rings. The molecule has 2 atom stereocenters. The van der Waals surface area contributed by atoms with Crippen molar-refractivity contribution in [2.45, 2.75) is 31.8 Å². The Morgan fingerprint density at radius 2 is 2.08 bits per heavy atom. The van der Waals surface area contributed by atoms with E-state index in [-0.39, 0.29) is 18.0 Å². The number of carbonyl (C=O) groups is 1. The van der Waals surface area contributed by atoms with Gasteiger partial charge in [0.05, 0.1) is 6.04 Å². The Balaban J connectivity index is 1.53. The second-order valence-corrected chi connectivity index (χ2v) is 6.39. The summed E-state index contributed by atoms with van der Waals surface area (Å²) in [6.45, 7) is 3.00. The monoisotopic (exact) mass is 327 g/mol. The number of aromatic nitrogens is 2. The number of nitrogens with one attached hydrogen (secondary N) is 1. The van der Waals surface area contributed by atoms with Gasteiger partial charge in [0.1, 0.15) is 19.3 Å². The first-order valence-electron chi connectivity index (χ1n) is 8.41. The van der Waals surface area contributed by atoms with Crippen molar-refractivity contribution in [3.63, 3.8) is 0 Å². The van der Waals surface area contributed by atoms with Crippen LogP contribution in [0.4, 0.5) is 0 Å². The van der Waals surface area contributed by atoms with E-state index in [1.807, 2.05) is 31.2 Å². The summed E-state index contributed by atoms with van der Waals surface area (Å²) >= 11 is 0. The predicted octanol–water partition coefficient (Wildman–Crippen LogP) is 2.48. The number of rotatable bonds is 5. The summed E-state index contributed by atoms with van der Waals surface area (Å²) in [6.07, 6.45) is 5.76. The Labute approximate surface area is 140 Å². The molecule has 126 valence electrons. The van der Waals surface area contributed by atoms with Crippen LogP contribution in [-0.4, -0.2) is 28.9 Å². The zero-order chi connectivity index (χ0) is 16.5. The van der Waals surface area contributed by atoms with Crippen LogP contribution in [0, 0.1) is 5.92 Å². The average molecular weight is 327 g/mol. The predicted molar refractivity (Wildman–Crippen MR) is 88.0 cm³/mol. The van der Waals surface area contributed by atoms with Gasteiger partial charge < -0.3 is 14.8 Å². The summed E-state index contributed by atoms with van der Waals surface area (Å²) in [5.74, 6) is 2.00. The number of ether oxygens (including phenoxy) is 2. The minimum Gasteiger partial charge on any atom is -0.486 e. The van der Waals surface area contributed by atoms with Crippen molar-refractivity contribution in [1.82, 2.24) is 15.1 Å². The minimum atomic E-state index is -0.335. The van der Waals surface area contributed by atoms with Crippen molar-refractivity contribution < 1.29 is 14.3 Å². The molecular weight excluding hydrogens is 306 g/mol. The van der Waals surface area contributed by atoms with Crippen molar-refractivity contribution in [1.29, 1.82) is 0 Å². The molecule has 1 aliphatic heterocycles. The standard InChI is InChI=1S/C18H21N3O3/c1-12(21-8-2-7-19-21)18(22)20-17(13-3-4-13)14-5-6-15-16(11-14)24-10-9-23-15/h2,5-8,11-13,17H,3-4,9-10H2,1H3,(H,20,22)/t12-,17+/m1/s1. The number of fused-ring (bicyclic) bond motifs is 1. The zero-order valence-electron chi connectivity index (χ0n) is 13.6. The molecule has 1 aromatic carbocycles. The Hall–Kier alpha value is -2.50. The molecule has 1 saturated carbocycles. The number of carbonyl (C=O) groups excluding carboxylic acids is 1. The molecule has 0 bridgehead atoms. The smallest absolute Gasteiger partial charge is 0.245 e. The number of benzene rings is 1. The first kappa shape index (κ1) is 15.1. The Bertz CT molecular complexity index is 725. The third kappa shape index (κ3) is 2.96. The number of nitrogens with zero attached hydrogens (tertiary/aromatic N) is 2. The molecule has 2 aromatic rings. The van der Waals surface area contributed by atoms with Crippen molar-refractivity contribution in [2.24, 2.45) is 5.92 Å². The number of hydrogen-bond donors (Lipinski definition) is 1. The van der Waals surface area contributed by atoms with Gasteiger partial charge in [-0.3, -0.25) is 9.48 Å². The van der Waals surface area contributed by atoms with Gasteiger partial charge in [-0.25, -0.2) is 0 Å². The van der Waals surface area contributed by atoms with Gasteiger partial charge in [0.15, 0.2) is 11.5 Å². The third-order valence-corrected chi connectivity index (χ3v) is 4.62. The van der Waals surface area contributed by atoms with Crippen LogP contribution in [0.5, 0.6) is 11.5 Å². The fourth-order valence-corrected chi connectivity index (χ4v) is 3.06. The fraction of sp³-hybridized carbons (Fsp3) is 0.444. The van der Waals surface area contributed by atoms with Crippen LogP contribution in [0.2, 0.25) is 0 Å². The van der Waals surface area contributed by atoms with Crippen LogP contribution < -0.4 is 14.8 Å². The minimum absolute atomic E-state index is 0.00587. The van der Waals surface area contributed by atoms with Gasteiger partial charge in [-0.1, -0.05) is 6.07 Å². The highest BCUT2D eigenvalue weighted by Crippen LogP contribution is 2.43. The van der Waals surface area contributed by atoms with Crippen molar-refractivity contribution in [3.05, 3.63) is 42.2 Å². The molecule has 4 rings (SSSR count). The highest BCUT2D eigenvalue weighted by molar-refractivity contribution is 5.80. The second-order valence-electron chi connectivity index (χ2n) is 6.39. The molecule has 0 radical (unpaired) electrons. The number of hydrogen-bond acceptors (Lipinski definition) is 4. The van der Waals surface area contributed by atoms with E-state index < -0.39 is 0 Å². The van der Waals surface area contributed by atoms with E-state index in [0.717, 1.165) is 29.9 Å². The highest BCUT2D eigenvalue weighted by atomic mass is 16.6. The van der Waals surface area contributed by atoms with Crippen LogP contribution in [0.25, 0.3) is 0 Å². The molecule has 24 heavy (non-hydrogen) atoms. The van der Waals surface area contributed by atoms with Crippen LogP contribution in [-0.2, 0) is 4.79 Å². The van der Waals surface area contributed by atoms with Crippen molar-refractivity contribution in [3.8, 4) is 11.5 Å². The largest absolute Gasteiger partial charge is 0.486 e. The molecule has 0 unspecified atom stereocenters. The van der Waals surface area contributed by atoms with Crippen LogP contribution >= 0.6 is 0 Å². The van der Waals surface area contributed by atoms with E-state index >= 15 is 0 Å². The fourth-order valence-electron chi connectivity index (χ4n) is 3.06. The molecule has 6 heteroatoms. The highest BCUT2D eigenvalue weighted by Gasteiger charge is 2.35. The maximum absolute atomic E-state index is 12.6. The lowest BCUT2D eigenvalue weighted by molar-refractivity contribution is -0.125. The van der Waals surface area contributed by atoms with Gasteiger partial charge >= 0.3 is 0 Å². The maximum atomic E-state index is 12.6. The van der Waals surface area contributed by atoms with Gasteiger partial charge in [-0.05, 0) is 49.4 Å². The Morgan fingerprint density at radius 3 is 2.79 bits per heavy atom. The van der Waals surface area contributed by atoms with E-state index in [1.54, 1.807) is 17.1 Å². The molecule has 1 N–H and O–H groups in total. The van der Waals surface area contributed by atoms with E-state index in [2.05, 4.69) is 10.4 Å². The summed E-state index contributed by atoms with van der Waals surface area (Å²) in [5.41, 5.74) is 1.07. The third-order valence-electron chi connectivity index (χ3n) is 4.62. The lowest BCUT2D eigenvalue weighted by Crippen LogP contribution is -2.35. The first-order valence-corrected chi connectivity index (χ1v) is 8.41. The van der Waals surface area contributed by atoms with E-state index in [9.17, 15) is 4.79 Å². The number of amides is 1. The molecule has 6 nitrogen and oxygen atoms in total.